The summed E-state index contributed by atoms with van der Waals surface area (Å²) >= 11 is 0. The smallest absolute Gasteiger partial charge is 0.252 e. The van der Waals surface area contributed by atoms with Crippen LogP contribution >= 0.6 is 0 Å². The van der Waals surface area contributed by atoms with Gasteiger partial charge in [0.15, 0.2) is 0 Å². The lowest BCUT2D eigenvalue weighted by Crippen LogP contribution is -3.00. The zero-order valence-corrected chi connectivity index (χ0v) is 20.1. The van der Waals surface area contributed by atoms with E-state index < -0.39 is 0 Å². The number of carbonyl (C=O) groups excluding carboxylic acids is 1. The second-order valence-electron chi connectivity index (χ2n) is 8.02. The van der Waals surface area contributed by atoms with Crippen LogP contribution in [0.3, 0.4) is 0 Å². The molecule has 0 unspecified atom stereocenters. The molecule has 1 aromatic carbocycles. The third kappa shape index (κ3) is 5.80. The Morgan fingerprint density at radius 2 is 1.67 bits per heavy atom. The number of para-hydroxylation sites is 2. The second kappa shape index (κ2) is 10.6. The van der Waals surface area contributed by atoms with E-state index in [1.165, 1.54) is 0 Å². The van der Waals surface area contributed by atoms with Gasteiger partial charge in [-0.2, -0.15) is 9.78 Å². The number of hydrogen-bond acceptors (Lipinski definition) is 7. The molecule has 1 aliphatic heterocycles. The van der Waals surface area contributed by atoms with Crippen molar-refractivity contribution in [3.8, 4) is 11.7 Å². The minimum Gasteiger partial charge on any atom is -1.00 e. The fourth-order valence-electron chi connectivity index (χ4n) is 3.97. The van der Waals surface area contributed by atoms with E-state index in [0.717, 1.165) is 54.7 Å². The lowest BCUT2D eigenvalue weighted by molar-refractivity contribution is -0.117. The fourth-order valence-corrected chi connectivity index (χ4v) is 3.97. The van der Waals surface area contributed by atoms with E-state index in [4.69, 9.17) is 4.74 Å². The lowest BCUT2D eigenvalue weighted by Gasteiger charge is -2.36. The summed E-state index contributed by atoms with van der Waals surface area (Å²) in [5.74, 6) is 1.82. The highest BCUT2D eigenvalue weighted by atomic mass is 35.5. The second-order valence-corrected chi connectivity index (χ2v) is 8.02. The van der Waals surface area contributed by atoms with Crippen molar-refractivity contribution in [2.75, 3.05) is 50.1 Å². The van der Waals surface area contributed by atoms with Gasteiger partial charge in [-0.1, -0.05) is 12.1 Å². The van der Waals surface area contributed by atoms with E-state index in [1.807, 2.05) is 51.1 Å². The molecule has 0 radical (unpaired) electrons. The van der Waals surface area contributed by atoms with E-state index in [9.17, 15) is 4.79 Å². The van der Waals surface area contributed by atoms with Crippen LogP contribution in [0, 0.1) is 20.8 Å². The molecule has 1 fully saturated rings. The van der Waals surface area contributed by atoms with Gasteiger partial charge in [-0.05, 0) is 39.0 Å². The highest BCUT2D eigenvalue weighted by molar-refractivity contribution is 5.91. The summed E-state index contributed by atoms with van der Waals surface area (Å²) in [7, 11) is 1.69. The predicted octanol–water partition coefficient (Wildman–Crippen LogP) is -0.639. The van der Waals surface area contributed by atoms with Crippen molar-refractivity contribution in [2.24, 2.45) is 0 Å². The van der Waals surface area contributed by atoms with Gasteiger partial charge in [-0.3, -0.25) is 9.69 Å². The van der Waals surface area contributed by atoms with Gasteiger partial charge in [-0.15, -0.1) is 0 Å². The SMILES string of the molecule is COc1ccccc1N1CCN(CC(=O)Nc2cc(C)nn2-c2nc(C)cc(C)n2)CC1.[Cl-]. The predicted molar refractivity (Wildman–Crippen MR) is 124 cm³/mol. The van der Waals surface area contributed by atoms with Gasteiger partial charge in [0.05, 0.1) is 25.0 Å². The molecule has 0 aliphatic carbocycles. The van der Waals surface area contributed by atoms with Crippen LogP contribution < -0.4 is 27.4 Å². The van der Waals surface area contributed by atoms with Crippen molar-refractivity contribution in [1.82, 2.24) is 24.6 Å². The Morgan fingerprint density at radius 3 is 2.33 bits per heavy atom. The van der Waals surface area contributed by atoms with Crippen molar-refractivity contribution in [1.29, 1.82) is 0 Å². The van der Waals surface area contributed by atoms with Gasteiger partial charge in [0.1, 0.15) is 11.6 Å². The van der Waals surface area contributed by atoms with Crippen LogP contribution in [-0.4, -0.2) is 70.4 Å². The minimum atomic E-state index is -0.0822. The van der Waals surface area contributed by atoms with Crippen LogP contribution in [0.1, 0.15) is 17.1 Å². The molecule has 0 saturated carbocycles. The van der Waals surface area contributed by atoms with Crippen molar-refractivity contribution in [3.05, 3.63) is 53.5 Å². The number of benzene rings is 1. The average Bonchev–Trinajstić information content (AvgIpc) is 3.13. The molecule has 2 aromatic heterocycles. The first-order valence-corrected chi connectivity index (χ1v) is 10.7. The number of rotatable bonds is 6. The number of amides is 1. The maximum atomic E-state index is 12.8. The first-order chi connectivity index (χ1) is 15.4. The molecule has 10 heteroatoms. The van der Waals surface area contributed by atoms with Crippen molar-refractivity contribution in [3.63, 3.8) is 0 Å². The molecular weight excluding hydrogens is 442 g/mol. The maximum absolute atomic E-state index is 12.8. The van der Waals surface area contributed by atoms with E-state index in [1.54, 1.807) is 11.8 Å². The minimum absolute atomic E-state index is 0. The highest BCUT2D eigenvalue weighted by Gasteiger charge is 2.22. The van der Waals surface area contributed by atoms with Gasteiger partial charge in [0, 0.05) is 43.6 Å². The van der Waals surface area contributed by atoms with Crippen LogP contribution in [-0.2, 0) is 4.79 Å². The molecule has 1 amide bonds. The maximum Gasteiger partial charge on any atom is 0.252 e. The van der Waals surface area contributed by atoms with Gasteiger partial charge in [0.25, 0.3) is 5.95 Å². The summed E-state index contributed by atoms with van der Waals surface area (Å²) in [6, 6.07) is 11.8. The summed E-state index contributed by atoms with van der Waals surface area (Å²) in [5, 5.41) is 7.45. The highest BCUT2D eigenvalue weighted by Crippen LogP contribution is 2.28. The third-order valence-electron chi connectivity index (χ3n) is 5.42. The van der Waals surface area contributed by atoms with Crippen LogP contribution in [0.5, 0.6) is 5.75 Å². The number of ether oxygens (including phenoxy) is 1. The number of hydrogen-bond donors (Lipinski definition) is 1. The summed E-state index contributed by atoms with van der Waals surface area (Å²) in [4.78, 5) is 26.2. The van der Waals surface area contributed by atoms with E-state index in [0.29, 0.717) is 18.3 Å². The standard InChI is InChI=1S/C23H29N7O2.ClH/c1-16-13-17(2)25-23(24-16)30-21(14-18(3)27-30)26-22(31)15-28-9-11-29(12-10-28)19-7-5-6-8-20(19)32-4;/h5-8,13-14H,9-12,15H2,1-4H3,(H,26,31);1H/p-1. The van der Waals surface area contributed by atoms with Crippen molar-refractivity contribution >= 4 is 17.4 Å². The molecule has 3 aromatic rings. The molecule has 0 atom stereocenters. The summed E-state index contributed by atoms with van der Waals surface area (Å²) < 4.78 is 7.07. The molecule has 33 heavy (non-hydrogen) atoms. The molecule has 1 N–H and O–H groups in total. The van der Waals surface area contributed by atoms with Crippen LogP contribution in [0.15, 0.2) is 36.4 Å². The van der Waals surface area contributed by atoms with Gasteiger partial charge >= 0.3 is 0 Å². The van der Waals surface area contributed by atoms with Gasteiger partial charge < -0.3 is 27.4 Å². The Labute approximate surface area is 200 Å². The number of aryl methyl sites for hydroxylation is 3. The first kappa shape index (κ1) is 24.5. The van der Waals surface area contributed by atoms with Crippen molar-refractivity contribution in [2.45, 2.75) is 20.8 Å². The van der Waals surface area contributed by atoms with Crippen LogP contribution in [0.2, 0.25) is 0 Å². The number of anilines is 2. The van der Waals surface area contributed by atoms with E-state index in [-0.39, 0.29) is 18.3 Å². The quantitative estimate of drug-likeness (QED) is 0.512. The molecule has 1 saturated heterocycles. The number of aromatic nitrogens is 4. The monoisotopic (exact) mass is 470 g/mol. The van der Waals surface area contributed by atoms with Crippen molar-refractivity contribution < 1.29 is 21.9 Å². The van der Waals surface area contributed by atoms with E-state index >= 15 is 0 Å². The summed E-state index contributed by atoms with van der Waals surface area (Å²) in [6.45, 7) is 9.29. The zero-order chi connectivity index (χ0) is 22.7. The van der Waals surface area contributed by atoms with Crippen LogP contribution in [0.25, 0.3) is 5.95 Å². The lowest BCUT2D eigenvalue weighted by atomic mass is 10.2. The molecule has 3 heterocycles. The molecule has 0 bridgehead atoms. The summed E-state index contributed by atoms with van der Waals surface area (Å²) in [6.07, 6.45) is 0. The normalized spacial score (nSPS) is 14.0. The Morgan fingerprint density at radius 1 is 1.00 bits per heavy atom. The largest absolute Gasteiger partial charge is 1.00 e. The summed E-state index contributed by atoms with van der Waals surface area (Å²) in [5.41, 5.74) is 3.58. The number of nitrogens with one attached hydrogen (secondary N) is 1. The topological polar surface area (TPSA) is 88.4 Å². The van der Waals surface area contributed by atoms with Gasteiger partial charge in [0.2, 0.25) is 5.91 Å². The molecule has 176 valence electrons. The Hall–Kier alpha value is -3.17. The number of methoxy groups -OCH3 is 1. The number of piperazine rings is 1. The van der Waals surface area contributed by atoms with Gasteiger partial charge in [-0.25, -0.2) is 9.97 Å². The Balaban J connectivity index is 0.00000306. The fraction of sp³-hybridized carbons (Fsp3) is 0.391. The molecule has 0 spiro atoms. The van der Waals surface area contributed by atoms with E-state index in [2.05, 4.69) is 36.2 Å². The number of nitrogens with zero attached hydrogens (tertiary/aromatic N) is 6. The number of halogens is 1. The molecular formula is C23H29ClN7O2-. The van der Waals surface area contributed by atoms with Crippen LogP contribution in [0.4, 0.5) is 11.5 Å². The number of carbonyl (C=O) groups is 1. The Bertz CT molecular complexity index is 1090. The third-order valence-corrected chi connectivity index (χ3v) is 5.42. The zero-order valence-electron chi connectivity index (χ0n) is 19.4. The molecule has 9 nitrogen and oxygen atoms in total. The molecule has 4 rings (SSSR count). The average molecular weight is 471 g/mol. The first-order valence-electron chi connectivity index (χ1n) is 10.7. The molecule has 1 aliphatic rings. The Kier molecular flexibility index (Phi) is 7.88.